The summed E-state index contributed by atoms with van der Waals surface area (Å²) in [7, 11) is 0. The highest BCUT2D eigenvalue weighted by Gasteiger charge is 2.00. The second-order valence-corrected chi connectivity index (χ2v) is 2.58. The van der Waals surface area contributed by atoms with Crippen molar-refractivity contribution in [1.82, 2.24) is 4.68 Å². The van der Waals surface area contributed by atoms with Gasteiger partial charge in [0.05, 0.1) is 0 Å². The molecule has 12 heavy (non-hydrogen) atoms. The Morgan fingerprint density at radius 3 is 2.33 bits per heavy atom. The zero-order valence-corrected chi connectivity index (χ0v) is 7.20. The summed E-state index contributed by atoms with van der Waals surface area (Å²) >= 11 is 0. The van der Waals surface area contributed by atoms with Gasteiger partial charge < -0.3 is 11.6 Å². The quantitative estimate of drug-likeness (QED) is 0.235. The maximum atomic E-state index is 5.40. The summed E-state index contributed by atoms with van der Waals surface area (Å²) in [6, 6.07) is 3.96. The monoisotopic (exact) mass is 167 g/mol. The van der Waals surface area contributed by atoms with Crippen LogP contribution < -0.4 is 17.0 Å². The Bertz CT molecular complexity index is 279. The molecule has 1 aromatic rings. The molecule has 66 valence electrons. The number of hydrogen-bond donors (Lipinski definition) is 3. The number of hydrogen-bond acceptors (Lipinski definition) is 2. The minimum Gasteiger partial charge on any atom is -0.367 e. The summed E-state index contributed by atoms with van der Waals surface area (Å²) in [5, 5.41) is 3.31. The van der Waals surface area contributed by atoms with Crippen molar-refractivity contribution in [1.29, 1.82) is 0 Å². The molecule has 0 fully saturated rings. The van der Waals surface area contributed by atoms with E-state index < -0.39 is 0 Å². The van der Waals surface area contributed by atoms with Crippen LogP contribution in [0, 0.1) is 13.8 Å². The van der Waals surface area contributed by atoms with Crippen molar-refractivity contribution in [2.45, 2.75) is 13.8 Å². The van der Waals surface area contributed by atoms with Crippen molar-refractivity contribution >= 4 is 5.96 Å². The zero-order chi connectivity index (χ0) is 9.14. The van der Waals surface area contributed by atoms with Gasteiger partial charge in [-0.05, 0) is 26.0 Å². The predicted octanol–water partition coefficient (Wildman–Crippen LogP) is -0.163. The summed E-state index contributed by atoms with van der Waals surface area (Å²) in [5.74, 6) is 5.17. The second-order valence-electron chi connectivity index (χ2n) is 2.58. The molecular weight excluding hydrogens is 154 g/mol. The Hall–Kier alpha value is -1.65. The van der Waals surface area contributed by atoms with E-state index in [2.05, 4.69) is 10.5 Å². The largest absolute Gasteiger partial charge is 0.367 e. The normalized spacial score (nSPS) is 11.7. The molecule has 0 bridgehead atoms. The molecule has 1 aromatic heterocycles. The van der Waals surface area contributed by atoms with Crippen molar-refractivity contribution in [2.75, 3.05) is 5.43 Å². The first kappa shape index (κ1) is 8.45. The fourth-order valence-electron chi connectivity index (χ4n) is 0.988. The van der Waals surface area contributed by atoms with Crippen LogP contribution in [0.2, 0.25) is 0 Å². The number of aromatic nitrogens is 1. The van der Waals surface area contributed by atoms with Crippen LogP contribution >= 0.6 is 0 Å². The number of nitrogens with one attached hydrogen (secondary N) is 1. The van der Waals surface area contributed by atoms with Crippen LogP contribution in [0.3, 0.4) is 0 Å². The molecule has 0 radical (unpaired) electrons. The lowest BCUT2D eigenvalue weighted by molar-refractivity contribution is 0.887. The summed E-state index contributed by atoms with van der Waals surface area (Å²) in [4.78, 5) is 0. The number of aryl methyl sites for hydroxylation is 2. The molecule has 0 saturated heterocycles. The van der Waals surface area contributed by atoms with Gasteiger partial charge in [-0.2, -0.15) is 0 Å². The van der Waals surface area contributed by atoms with Gasteiger partial charge in [0.25, 0.3) is 0 Å². The van der Waals surface area contributed by atoms with Gasteiger partial charge >= 0.3 is 0 Å². The second kappa shape index (κ2) is 3.17. The van der Waals surface area contributed by atoms with Crippen LogP contribution in [0.15, 0.2) is 17.2 Å². The van der Waals surface area contributed by atoms with Gasteiger partial charge in [0.2, 0.25) is 5.96 Å². The van der Waals surface area contributed by atoms with Crippen LogP contribution in [-0.2, 0) is 0 Å². The topological polar surface area (TPSA) is 81.4 Å². The van der Waals surface area contributed by atoms with Gasteiger partial charge in [0.15, 0.2) is 0 Å². The van der Waals surface area contributed by atoms with Crippen molar-refractivity contribution in [2.24, 2.45) is 16.7 Å². The average molecular weight is 167 g/mol. The molecular formula is C7H13N5. The fraction of sp³-hybridized carbons (Fsp3) is 0.286. The van der Waals surface area contributed by atoms with Crippen LogP contribution in [0.1, 0.15) is 11.4 Å². The van der Waals surface area contributed by atoms with Gasteiger partial charge in [0, 0.05) is 11.4 Å². The molecule has 0 aliphatic rings. The first-order valence-corrected chi connectivity index (χ1v) is 3.60. The van der Waals surface area contributed by atoms with E-state index in [0.717, 1.165) is 11.4 Å². The lowest BCUT2D eigenvalue weighted by atomic mass is 10.5. The molecule has 5 nitrogen and oxygen atoms in total. The minimum absolute atomic E-state index is 0.192. The molecule has 0 spiro atoms. The smallest absolute Gasteiger partial charge is 0.229 e. The Morgan fingerprint density at radius 2 is 1.92 bits per heavy atom. The highest BCUT2D eigenvalue weighted by atomic mass is 15.5. The Morgan fingerprint density at radius 1 is 1.42 bits per heavy atom. The van der Waals surface area contributed by atoms with Crippen LogP contribution in [0.25, 0.3) is 0 Å². The Kier molecular flexibility index (Phi) is 2.23. The Labute approximate surface area is 71.0 Å². The minimum atomic E-state index is 0.192. The number of nitrogens with zero attached hydrogens (tertiary/aromatic N) is 2. The third kappa shape index (κ3) is 1.50. The van der Waals surface area contributed by atoms with E-state index in [1.165, 1.54) is 0 Å². The summed E-state index contributed by atoms with van der Waals surface area (Å²) in [6.45, 7) is 3.92. The van der Waals surface area contributed by atoms with E-state index in [1.807, 2.05) is 30.7 Å². The number of rotatable bonds is 1. The van der Waals surface area contributed by atoms with Gasteiger partial charge in [-0.1, -0.05) is 0 Å². The lowest BCUT2D eigenvalue weighted by Gasteiger charge is -2.10. The first-order chi connectivity index (χ1) is 5.65. The van der Waals surface area contributed by atoms with Crippen molar-refractivity contribution in [3.63, 3.8) is 0 Å². The fourth-order valence-corrected chi connectivity index (χ4v) is 0.988. The lowest BCUT2D eigenvalue weighted by Crippen LogP contribution is -2.32. The van der Waals surface area contributed by atoms with Gasteiger partial charge in [-0.3, -0.25) is 10.1 Å². The van der Waals surface area contributed by atoms with E-state index >= 15 is 0 Å². The average Bonchev–Trinajstić information content (AvgIpc) is 2.35. The number of hydrazone groups is 1. The van der Waals surface area contributed by atoms with Gasteiger partial charge in [-0.25, -0.2) is 0 Å². The van der Waals surface area contributed by atoms with E-state index in [-0.39, 0.29) is 5.96 Å². The molecule has 0 amide bonds. The van der Waals surface area contributed by atoms with Crippen molar-refractivity contribution in [3.8, 4) is 0 Å². The molecule has 1 rings (SSSR count). The van der Waals surface area contributed by atoms with E-state index in [1.54, 1.807) is 0 Å². The number of nitrogens with two attached hydrogens (primary N) is 2. The molecule has 0 saturated carbocycles. The summed E-state index contributed by atoms with van der Waals surface area (Å²) in [5.41, 5.74) is 10.3. The molecule has 0 atom stereocenters. The van der Waals surface area contributed by atoms with Gasteiger partial charge in [0.1, 0.15) is 0 Å². The van der Waals surface area contributed by atoms with E-state index in [0.29, 0.717) is 0 Å². The maximum Gasteiger partial charge on any atom is 0.229 e. The van der Waals surface area contributed by atoms with E-state index in [9.17, 15) is 0 Å². The van der Waals surface area contributed by atoms with Crippen LogP contribution in [0.4, 0.5) is 0 Å². The van der Waals surface area contributed by atoms with Gasteiger partial charge in [-0.15, -0.1) is 5.10 Å². The highest BCUT2D eigenvalue weighted by molar-refractivity contribution is 5.85. The zero-order valence-electron chi connectivity index (χ0n) is 7.20. The molecule has 0 unspecified atom stereocenters. The molecule has 5 N–H and O–H groups in total. The molecule has 0 aliphatic carbocycles. The third-order valence-electron chi connectivity index (χ3n) is 1.64. The molecule has 0 aromatic carbocycles. The van der Waals surface area contributed by atoms with Crippen molar-refractivity contribution < 1.29 is 0 Å². The summed E-state index contributed by atoms with van der Waals surface area (Å²) in [6.07, 6.45) is 0. The number of guanidine groups is 1. The van der Waals surface area contributed by atoms with Crippen molar-refractivity contribution in [3.05, 3.63) is 23.5 Å². The van der Waals surface area contributed by atoms with Crippen LogP contribution in [-0.4, -0.2) is 10.6 Å². The first-order valence-electron chi connectivity index (χ1n) is 3.60. The molecule has 0 aliphatic heterocycles. The standard InChI is InChI=1S/C7H13N5/c1-5-3-4-6(2)12(5)11-7(8)10-9/h3-4H,9H2,1-2H3,(H3,8,10,11). The maximum absolute atomic E-state index is 5.40. The predicted molar refractivity (Wildman–Crippen MR) is 49.1 cm³/mol. The highest BCUT2D eigenvalue weighted by Crippen LogP contribution is 2.03. The Balaban J connectivity index is 2.88. The SMILES string of the molecule is Cc1ccc(C)n1N/C(N)=N/N. The molecule has 5 heteroatoms. The van der Waals surface area contributed by atoms with Crippen LogP contribution in [0.5, 0.6) is 0 Å². The summed E-state index contributed by atoms with van der Waals surface area (Å²) < 4.78 is 1.81. The molecule has 1 heterocycles. The third-order valence-corrected chi connectivity index (χ3v) is 1.64. The van der Waals surface area contributed by atoms with E-state index in [4.69, 9.17) is 11.6 Å².